The van der Waals surface area contributed by atoms with Gasteiger partial charge in [0, 0.05) is 25.4 Å². The van der Waals surface area contributed by atoms with E-state index in [-0.39, 0.29) is 54.3 Å². The maximum atomic E-state index is 14.2. The third-order valence-electron chi connectivity index (χ3n) is 8.21. The van der Waals surface area contributed by atoms with Gasteiger partial charge in [-0.3, -0.25) is 10.1 Å². The first kappa shape index (κ1) is 36.3. The number of nitrogens with one attached hydrogen (secondary N) is 2. The van der Waals surface area contributed by atoms with Crippen molar-refractivity contribution in [2.75, 3.05) is 27.4 Å². The van der Waals surface area contributed by atoms with E-state index in [9.17, 15) is 30.3 Å². The fraction of sp³-hybridized carbons (Fsp3) is 0.378. The van der Waals surface area contributed by atoms with Crippen molar-refractivity contribution in [1.82, 2.24) is 15.6 Å². The van der Waals surface area contributed by atoms with Crippen molar-refractivity contribution in [3.8, 4) is 28.7 Å². The van der Waals surface area contributed by atoms with Crippen molar-refractivity contribution < 1.29 is 39.8 Å². The largest absolute Gasteiger partial charge is 0.670 e. The van der Waals surface area contributed by atoms with E-state index in [0.29, 0.717) is 42.8 Å². The number of aromatic nitrogens is 1. The Morgan fingerprint density at radius 1 is 0.854 bits per heavy atom. The first-order chi connectivity index (χ1) is 23.1. The van der Waals surface area contributed by atoms with Crippen LogP contribution in [0.15, 0.2) is 73.1 Å². The number of methoxy groups -OCH3 is 1. The van der Waals surface area contributed by atoms with Crippen molar-refractivity contribution in [1.29, 1.82) is 0 Å². The minimum Gasteiger partial charge on any atom is -0.670 e. The van der Waals surface area contributed by atoms with E-state index >= 15 is 0 Å². The van der Waals surface area contributed by atoms with E-state index in [1.807, 2.05) is 12.1 Å². The molecule has 0 spiro atoms. The van der Waals surface area contributed by atoms with Gasteiger partial charge in [-0.2, -0.15) is 12.4 Å². The van der Waals surface area contributed by atoms with Crippen LogP contribution in [0, 0.1) is 5.92 Å². The molecule has 1 heterocycles. The zero-order chi connectivity index (χ0) is 34.6. The van der Waals surface area contributed by atoms with Crippen molar-refractivity contribution in [3.05, 3.63) is 101 Å². The molecule has 0 radical (unpaired) electrons. The van der Waals surface area contributed by atoms with Crippen LogP contribution in [0.4, 0.5) is 0 Å². The molecular weight excluding hydrogens is 614 g/mol. The lowest BCUT2D eigenvalue weighted by Crippen LogP contribution is -2.30. The highest BCUT2D eigenvalue weighted by molar-refractivity contribution is 5.86. The van der Waals surface area contributed by atoms with Crippen LogP contribution in [0.25, 0.3) is 0 Å². The van der Waals surface area contributed by atoms with E-state index in [4.69, 9.17) is 9.47 Å². The molecule has 0 bridgehead atoms. The number of hydrogen-bond acceptors (Lipinski definition) is 10. The maximum Gasteiger partial charge on any atom is 0.163 e. The fourth-order valence-electron chi connectivity index (χ4n) is 5.81. The van der Waals surface area contributed by atoms with Crippen LogP contribution in [0.3, 0.4) is 0 Å². The second-order valence-corrected chi connectivity index (χ2v) is 12.2. The van der Waals surface area contributed by atoms with Gasteiger partial charge in [0.25, 0.3) is 0 Å². The molecule has 0 saturated heterocycles. The van der Waals surface area contributed by atoms with Crippen molar-refractivity contribution in [2.24, 2.45) is 5.92 Å². The molecule has 4 atom stereocenters. The molecule has 7 N–H and O–H groups in total. The van der Waals surface area contributed by atoms with Crippen molar-refractivity contribution in [2.45, 2.75) is 57.3 Å². The van der Waals surface area contributed by atoms with Crippen LogP contribution >= 0.6 is 0 Å². The van der Waals surface area contributed by atoms with Crippen LogP contribution in [0.2, 0.25) is 0 Å². The zero-order valence-electron chi connectivity index (χ0n) is 27.6. The molecule has 3 aromatic carbocycles. The normalized spacial score (nSPS) is 13.9. The molecule has 0 fully saturated rings. The van der Waals surface area contributed by atoms with Gasteiger partial charge in [-0.05, 0) is 97.8 Å². The van der Waals surface area contributed by atoms with Crippen LogP contribution in [0.1, 0.15) is 47.1 Å². The number of carbonyl (C=O) groups excluding carboxylic acids is 1. The summed E-state index contributed by atoms with van der Waals surface area (Å²) in [5.74, 6) is -0.799. The predicted octanol–water partition coefficient (Wildman–Crippen LogP) is 3.54. The SMILES string of the molecule is CNCc1cc(O)cc(C(Cc2ccc(O)c(OCNCC(C)O)c2)C(=O)CC(O)C(Cc2cc[n-]c2)Cc2ccc(O)c(OC)c2)c1. The first-order valence-corrected chi connectivity index (χ1v) is 16.0. The quantitative estimate of drug-likeness (QED) is 0.0579. The second kappa shape index (κ2) is 17.6. The van der Waals surface area contributed by atoms with E-state index in [0.717, 1.165) is 16.7 Å². The number of phenolic OH excluding ortho intramolecular Hbond substituents is 3. The highest BCUT2D eigenvalue weighted by Crippen LogP contribution is 2.34. The van der Waals surface area contributed by atoms with Gasteiger partial charge >= 0.3 is 0 Å². The number of ether oxygens (including phenoxy) is 2. The van der Waals surface area contributed by atoms with Crippen LogP contribution < -0.4 is 25.1 Å². The van der Waals surface area contributed by atoms with Crippen molar-refractivity contribution >= 4 is 5.78 Å². The van der Waals surface area contributed by atoms with Gasteiger partial charge in [-0.15, -0.1) is 0 Å². The van der Waals surface area contributed by atoms with Gasteiger partial charge in [-0.1, -0.05) is 29.8 Å². The van der Waals surface area contributed by atoms with E-state index in [1.165, 1.54) is 13.2 Å². The third kappa shape index (κ3) is 10.5. The van der Waals surface area contributed by atoms with Gasteiger partial charge in [0.15, 0.2) is 23.0 Å². The standard InChI is InChI=1S/C37H46N3O8/c1-23(41)19-40-22-48-37-16-25(5-7-33(37)44)14-31(28-12-27(20-38-2)13-30(42)17-28)35(46)18-34(45)29(11-26-8-9-39-21-26)10-24-4-6-32(43)36(15-24)47-3/h4-9,12-13,15-17,21,23,29,31,34,38,40-45H,10-11,14,18-20,22H2,1-3H3/q-1. The number of aliphatic hydroxyl groups is 2. The fourth-order valence-corrected chi connectivity index (χ4v) is 5.81. The predicted molar refractivity (Wildman–Crippen MR) is 182 cm³/mol. The topological polar surface area (TPSA) is 175 Å². The van der Waals surface area contributed by atoms with Crippen LogP contribution in [0.5, 0.6) is 28.7 Å². The van der Waals surface area contributed by atoms with Crippen molar-refractivity contribution in [3.63, 3.8) is 0 Å². The molecule has 0 aliphatic heterocycles. The Morgan fingerprint density at radius 3 is 2.21 bits per heavy atom. The highest BCUT2D eigenvalue weighted by atomic mass is 16.5. The zero-order valence-corrected chi connectivity index (χ0v) is 27.6. The number of Topliss-reactive ketones (excluding diaryl/α,β-unsaturated/α-hetero) is 1. The number of aromatic hydroxyl groups is 3. The Balaban J connectivity index is 1.61. The summed E-state index contributed by atoms with van der Waals surface area (Å²) >= 11 is 0. The number of phenols is 3. The molecule has 48 heavy (non-hydrogen) atoms. The molecular formula is C37H46N3O8-. The summed E-state index contributed by atoms with van der Waals surface area (Å²) in [6.07, 6.45) is 2.80. The van der Waals surface area contributed by atoms with Crippen LogP contribution in [-0.4, -0.2) is 71.0 Å². The summed E-state index contributed by atoms with van der Waals surface area (Å²) in [4.78, 5) is 18.4. The molecule has 11 heteroatoms. The molecule has 0 aliphatic carbocycles. The lowest BCUT2D eigenvalue weighted by molar-refractivity contribution is -0.123. The molecule has 4 unspecified atom stereocenters. The number of benzene rings is 3. The summed E-state index contributed by atoms with van der Waals surface area (Å²) in [6, 6.07) is 16.9. The molecule has 11 nitrogen and oxygen atoms in total. The lowest BCUT2D eigenvalue weighted by Gasteiger charge is -2.26. The number of ketones is 1. The Labute approximate surface area is 281 Å². The Bertz CT molecular complexity index is 1610. The number of carbonyl (C=O) groups is 1. The Kier molecular flexibility index (Phi) is 13.3. The van der Waals surface area contributed by atoms with Gasteiger partial charge < -0.3 is 45.3 Å². The monoisotopic (exact) mass is 660 g/mol. The summed E-state index contributed by atoms with van der Waals surface area (Å²) in [5.41, 5.74) is 3.87. The Hall–Kier alpha value is -4.55. The average Bonchev–Trinajstić information content (AvgIpc) is 3.56. The molecule has 4 aromatic rings. The van der Waals surface area contributed by atoms with Gasteiger partial charge in [-0.25, -0.2) is 0 Å². The minimum absolute atomic E-state index is 0.0131. The summed E-state index contributed by atoms with van der Waals surface area (Å²) in [7, 11) is 3.27. The van der Waals surface area contributed by atoms with Gasteiger partial charge in [0.05, 0.1) is 19.3 Å². The molecule has 1 aromatic heterocycles. The summed E-state index contributed by atoms with van der Waals surface area (Å²) in [5, 5.41) is 58.3. The minimum atomic E-state index is -1.03. The molecule has 258 valence electrons. The third-order valence-corrected chi connectivity index (χ3v) is 8.21. The number of aliphatic hydroxyl groups excluding tert-OH is 2. The number of hydrogen-bond donors (Lipinski definition) is 7. The second-order valence-electron chi connectivity index (χ2n) is 12.2. The molecule has 0 aliphatic rings. The summed E-state index contributed by atoms with van der Waals surface area (Å²) < 4.78 is 11.0. The molecule has 4 rings (SSSR count). The maximum absolute atomic E-state index is 14.2. The van der Waals surface area contributed by atoms with Crippen LogP contribution in [-0.2, 0) is 30.6 Å². The number of nitrogens with zero attached hydrogens (tertiary/aromatic N) is 1. The number of rotatable bonds is 19. The van der Waals surface area contributed by atoms with Gasteiger partial charge in [0.1, 0.15) is 18.3 Å². The van der Waals surface area contributed by atoms with E-state index in [2.05, 4.69) is 15.6 Å². The van der Waals surface area contributed by atoms with E-state index < -0.39 is 18.1 Å². The summed E-state index contributed by atoms with van der Waals surface area (Å²) in [6.45, 7) is 2.50. The first-order valence-electron chi connectivity index (χ1n) is 16.0. The smallest absolute Gasteiger partial charge is 0.163 e. The molecule has 0 amide bonds. The lowest BCUT2D eigenvalue weighted by atomic mass is 9.81. The van der Waals surface area contributed by atoms with E-state index in [1.54, 1.807) is 68.8 Å². The van der Waals surface area contributed by atoms with Gasteiger partial charge in [0.2, 0.25) is 0 Å². The Morgan fingerprint density at radius 2 is 1.54 bits per heavy atom. The highest BCUT2D eigenvalue weighted by Gasteiger charge is 2.29. The average molecular weight is 661 g/mol. The molecule has 0 saturated carbocycles.